The van der Waals surface area contributed by atoms with Crippen LogP contribution in [0.15, 0.2) is 18.2 Å². The minimum absolute atomic E-state index is 0.126. The number of nitrogens with one attached hydrogen (secondary N) is 1. The fraction of sp³-hybridized carbons (Fsp3) is 0.600. The quantitative estimate of drug-likeness (QED) is 0.839. The average molecular weight is 300 g/mol. The predicted molar refractivity (Wildman–Crippen MR) is 80.3 cm³/mol. The number of hydrogen-bond donors (Lipinski definition) is 1. The van der Waals surface area contributed by atoms with Crippen molar-refractivity contribution in [1.82, 2.24) is 0 Å². The zero-order chi connectivity index (χ0) is 13.3. The zero-order valence-electron chi connectivity index (χ0n) is 10.9. The van der Waals surface area contributed by atoms with Crippen LogP contribution in [0.5, 0.6) is 0 Å². The number of hydrogen-bond acceptors (Lipinski definition) is 2. The van der Waals surface area contributed by atoms with Gasteiger partial charge in [-0.2, -0.15) is 0 Å². The van der Waals surface area contributed by atoms with Gasteiger partial charge in [0, 0.05) is 17.7 Å². The molecule has 0 amide bonds. The molecule has 19 heavy (non-hydrogen) atoms. The Labute approximate surface area is 124 Å². The normalized spacial score (nSPS) is 25.7. The summed E-state index contributed by atoms with van der Waals surface area (Å²) >= 11 is 12.2. The van der Waals surface area contributed by atoms with Crippen molar-refractivity contribution in [2.45, 2.75) is 50.2 Å². The Morgan fingerprint density at radius 1 is 1.21 bits per heavy atom. The number of anilines is 1. The van der Waals surface area contributed by atoms with Crippen LogP contribution in [0.1, 0.15) is 38.5 Å². The van der Waals surface area contributed by atoms with Crippen LogP contribution in [0.3, 0.4) is 0 Å². The second kappa shape index (κ2) is 5.51. The molecule has 0 bridgehead atoms. The van der Waals surface area contributed by atoms with Gasteiger partial charge in [-0.05, 0) is 43.9 Å². The summed E-state index contributed by atoms with van der Waals surface area (Å²) in [6.45, 7) is 0.843. The maximum absolute atomic E-state index is 6.21. The Bertz CT molecular complexity index is 457. The van der Waals surface area contributed by atoms with E-state index in [0.29, 0.717) is 6.04 Å². The third kappa shape index (κ3) is 3.01. The Morgan fingerprint density at radius 2 is 2.00 bits per heavy atom. The van der Waals surface area contributed by atoms with Crippen LogP contribution in [-0.2, 0) is 4.74 Å². The largest absolute Gasteiger partial charge is 0.381 e. The van der Waals surface area contributed by atoms with E-state index in [2.05, 4.69) is 5.32 Å². The molecule has 1 aromatic rings. The van der Waals surface area contributed by atoms with Gasteiger partial charge in [-0.15, -0.1) is 0 Å². The molecule has 1 unspecified atom stereocenters. The lowest BCUT2D eigenvalue weighted by molar-refractivity contribution is -0.0767. The summed E-state index contributed by atoms with van der Waals surface area (Å²) in [5.41, 5.74) is 1.07. The molecule has 1 spiro atoms. The summed E-state index contributed by atoms with van der Waals surface area (Å²) in [5, 5.41) is 4.99. The van der Waals surface area contributed by atoms with Crippen molar-refractivity contribution in [1.29, 1.82) is 0 Å². The minimum atomic E-state index is 0.126. The molecule has 4 heteroatoms. The molecule has 3 rings (SSSR count). The van der Waals surface area contributed by atoms with Crippen LogP contribution in [0.2, 0.25) is 10.0 Å². The second-order valence-corrected chi connectivity index (χ2v) is 6.54. The Morgan fingerprint density at radius 3 is 2.79 bits per heavy atom. The molecular formula is C15H19Cl2NO. The van der Waals surface area contributed by atoms with Crippen LogP contribution >= 0.6 is 23.2 Å². The van der Waals surface area contributed by atoms with E-state index in [0.717, 1.165) is 35.2 Å². The minimum Gasteiger partial charge on any atom is -0.381 e. The molecule has 1 N–H and O–H groups in total. The van der Waals surface area contributed by atoms with Gasteiger partial charge in [0.15, 0.2) is 0 Å². The maximum atomic E-state index is 6.21. The van der Waals surface area contributed by atoms with Crippen molar-refractivity contribution in [2.75, 3.05) is 11.9 Å². The van der Waals surface area contributed by atoms with Gasteiger partial charge in [0.05, 0.1) is 16.3 Å². The third-order valence-corrected chi connectivity index (χ3v) is 4.86. The highest BCUT2D eigenvalue weighted by Crippen LogP contribution is 2.41. The first-order valence-corrected chi connectivity index (χ1v) is 7.78. The molecule has 2 nitrogen and oxygen atoms in total. The fourth-order valence-electron chi connectivity index (χ4n) is 3.35. The lowest BCUT2D eigenvalue weighted by Gasteiger charge is -2.39. The molecule has 0 aromatic heterocycles. The Balaban J connectivity index is 1.70. The highest BCUT2D eigenvalue weighted by atomic mass is 35.5. The molecular weight excluding hydrogens is 281 g/mol. The lowest BCUT2D eigenvalue weighted by atomic mass is 9.89. The van der Waals surface area contributed by atoms with Crippen molar-refractivity contribution in [3.63, 3.8) is 0 Å². The molecule has 1 saturated heterocycles. The van der Waals surface area contributed by atoms with E-state index >= 15 is 0 Å². The van der Waals surface area contributed by atoms with E-state index in [1.54, 1.807) is 0 Å². The van der Waals surface area contributed by atoms with E-state index in [1.807, 2.05) is 18.2 Å². The van der Waals surface area contributed by atoms with Gasteiger partial charge in [0.2, 0.25) is 0 Å². The fourth-order valence-corrected chi connectivity index (χ4v) is 3.69. The number of rotatable bonds is 2. The second-order valence-electron chi connectivity index (χ2n) is 5.70. The molecule has 2 aliphatic rings. The Kier molecular flexibility index (Phi) is 3.93. The van der Waals surface area contributed by atoms with Crippen LogP contribution in [0.4, 0.5) is 5.69 Å². The SMILES string of the molecule is Clc1ccc(Cl)c(NC2CCOC3(CCCC3)C2)c1. The zero-order valence-corrected chi connectivity index (χ0v) is 12.4. The highest BCUT2D eigenvalue weighted by molar-refractivity contribution is 6.35. The van der Waals surface area contributed by atoms with Crippen LogP contribution in [-0.4, -0.2) is 18.2 Å². The van der Waals surface area contributed by atoms with Crippen LogP contribution < -0.4 is 5.32 Å². The summed E-state index contributed by atoms with van der Waals surface area (Å²) in [6.07, 6.45) is 7.11. The third-order valence-electron chi connectivity index (χ3n) is 4.30. The number of ether oxygens (including phenoxy) is 1. The van der Waals surface area contributed by atoms with Crippen molar-refractivity contribution in [2.24, 2.45) is 0 Å². The monoisotopic (exact) mass is 299 g/mol. The van der Waals surface area contributed by atoms with Crippen molar-refractivity contribution in [3.8, 4) is 0 Å². The molecule has 1 aliphatic carbocycles. The first kappa shape index (κ1) is 13.5. The van der Waals surface area contributed by atoms with Gasteiger partial charge in [-0.25, -0.2) is 0 Å². The summed E-state index contributed by atoms with van der Waals surface area (Å²) in [5.74, 6) is 0. The molecule has 1 atom stereocenters. The van der Waals surface area contributed by atoms with Gasteiger partial charge in [-0.1, -0.05) is 36.0 Å². The van der Waals surface area contributed by atoms with Crippen molar-refractivity contribution >= 4 is 28.9 Å². The van der Waals surface area contributed by atoms with Gasteiger partial charge >= 0.3 is 0 Å². The summed E-state index contributed by atoms with van der Waals surface area (Å²) in [6, 6.07) is 6.00. The average Bonchev–Trinajstić information content (AvgIpc) is 2.82. The van der Waals surface area contributed by atoms with Gasteiger partial charge < -0.3 is 10.1 Å². The molecule has 1 saturated carbocycles. The Hall–Kier alpha value is -0.440. The highest BCUT2D eigenvalue weighted by Gasteiger charge is 2.39. The number of halogens is 2. The first-order valence-electron chi connectivity index (χ1n) is 7.02. The van der Waals surface area contributed by atoms with Crippen molar-refractivity contribution < 1.29 is 4.74 Å². The molecule has 2 fully saturated rings. The first-order chi connectivity index (χ1) is 9.17. The van der Waals surface area contributed by atoms with Crippen LogP contribution in [0, 0.1) is 0 Å². The summed E-state index contributed by atoms with van der Waals surface area (Å²) in [7, 11) is 0. The van der Waals surface area contributed by atoms with E-state index in [1.165, 1.54) is 25.7 Å². The van der Waals surface area contributed by atoms with E-state index < -0.39 is 0 Å². The molecule has 1 heterocycles. The summed E-state index contributed by atoms with van der Waals surface area (Å²) in [4.78, 5) is 0. The maximum Gasteiger partial charge on any atom is 0.0702 e. The molecule has 0 radical (unpaired) electrons. The smallest absolute Gasteiger partial charge is 0.0702 e. The lowest BCUT2D eigenvalue weighted by Crippen LogP contribution is -2.42. The molecule has 1 aliphatic heterocycles. The van der Waals surface area contributed by atoms with Gasteiger partial charge in [0.1, 0.15) is 0 Å². The molecule has 1 aromatic carbocycles. The van der Waals surface area contributed by atoms with Crippen LogP contribution in [0.25, 0.3) is 0 Å². The van der Waals surface area contributed by atoms with Crippen molar-refractivity contribution in [3.05, 3.63) is 28.2 Å². The van der Waals surface area contributed by atoms with E-state index in [9.17, 15) is 0 Å². The van der Waals surface area contributed by atoms with E-state index in [4.69, 9.17) is 27.9 Å². The molecule has 104 valence electrons. The van der Waals surface area contributed by atoms with E-state index in [-0.39, 0.29) is 5.60 Å². The standard InChI is InChI=1S/C15H19Cl2NO/c16-11-3-4-13(17)14(9-11)18-12-5-8-19-15(10-12)6-1-2-7-15/h3-4,9,12,18H,1-2,5-8,10H2. The summed E-state index contributed by atoms with van der Waals surface area (Å²) < 4.78 is 6.05. The van der Waals surface area contributed by atoms with Gasteiger partial charge in [-0.3, -0.25) is 0 Å². The topological polar surface area (TPSA) is 21.3 Å². The predicted octanol–water partition coefficient (Wildman–Crippen LogP) is 4.90. The number of benzene rings is 1. The van der Waals surface area contributed by atoms with Gasteiger partial charge in [0.25, 0.3) is 0 Å².